The highest BCUT2D eigenvalue weighted by molar-refractivity contribution is 7.91. The second-order valence-electron chi connectivity index (χ2n) is 8.73. The predicted octanol–water partition coefficient (Wildman–Crippen LogP) is 5.89. The van der Waals surface area contributed by atoms with Gasteiger partial charge in [0, 0.05) is 23.3 Å². The topological polar surface area (TPSA) is 76.1 Å². The summed E-state index contributed by atoms with van der Waals surface area (Å²) in [5, 5.41) is 1.61. The summed E-state index contributed by atoms with van der Waals surface area (Å²) < 4.78 is 55.9. The standard InChI is InChI=1S/C26H25ClF2N2O3S/c27-19-7-10-21(11-8-19)35(33,34)25(22-14-20(28)9-12-23(22)29)24-13-6-18(16-30-24)26(32)31-15-17-4-2-1-3-5-17/h6-14,16-17,25H,1-5,15H2,(H,31,32). The summed E-state index contributed by atoms with van der Waals surface area (Å²) in [6.07, 6.45) is 6.98. The van der Waals surface area contributed by atoms with Crippen molar-refractivity contribution in [2.45, 2.75) is 42.2 Å². The van der Waals surface area contributed by atoms with E-state index >= 15 is 0 Å². The van der Waals surface area contributed by atoms with Crippen molar-refractivity contribution in [1.82, 2.24) is 10.3 Å². The first-order valence-corrected chi connectivity index (χ1v) is 13.4. The predicted molar refractivity (Wildman–Crippen MR) is 130 cm³/mol. The Labute approximate surface area is 208 Å². The van der Waals surface area contributed by atoms with Crippen LogP contribution in [0, 0.1) is 17.6 Å². The van der Waals surface area contributed by atoms with Gasteiger partial charge in [-0.05, 0) is 73.4 Å². The van der Waals surface area contributed by atoms with Crippen LogP contribution in [-0.4, -0.2) is 25.9 Å². The van der Waals surface area contributed by atoms with Crippen LogP contribution in [0.5, 0.6) is 0 Å². The molecule has 1 unspecified atom stereocenters. The van der Waals surface area contributed by atoms with E-state index in [2.05, 4.69) is 10.3 Å². The second kappa shape index (κ2) is 10.8. The van der Waals surface area contributed by atoms with E-state index in [1.54, 1.807) is 0 Å². The number of halogens is 3. The average Bonchev–Trinajstić information content (AvgIpc) is 2.86. The molecule has 9 heteroatoms. The van der Waals surface area contributed by atoms with Gasteiger partial charge in [0.25, 0.3) is 5.91 Å². The Kier molecular flexibility index (Phi) is 7.82. The molecule has 0 spiro atoms. The molecule has 1 aliphatic rings. The molecule has 1 atom stereocenters. The number of benzene rings is 2. The summed E-state index contributed by atoms with van der Waals surface area (Å²) in [6.45, 7) is 0.572. The van der Waals surface area contributed by atoms with Gasteiger partial charge in [0.1, 0.15) is 16.9 Å². The van der Waals surface area contributed by atoms with Crippen molar-refractivity contribution >= 4 is 27.3 Å². The molecule has 1 N–H and O–H groups in total. The number of carbonyl (C=O) groups is 1. The van der Waals surface area contributed by atoms with Crippen LogP contribution < -0.4 is 5.32 Å². The number of carbonyl (C=O) groups excluding carboxylic acids is 1. The second-order valence-corrected chi connectivity index (χ2v) is 11.2. The maximum Gasteiger partial charge on any atom is 0.252 e. The van der Waals surface area contributed by atoms with E-state index in [9.17, 15) is 22.0 Å². The Morgan fingerprint density at radius 1 is 1.03 bits per heavy atom. The van der Waals surface area contributed by atoms with Crippen molar-refractivity contribution in [3.05, 3.63) is 94.3 Å². The summed E-state index contributed by atoms with van der Waals surface area (Å²) in [4.78, 5) is 16.7. The summed E-state index contributed by atoms with van der Waals surface area (Å²) in [6, 6.07) is 10.9. The normalized spacial score (nSPS) is 15.5. The van der Waals surface area contributed by atoms with Crippen LogP contribution in [0.4, 0.5) is 8.78 Å². The SMILES string of the molecule is O=C(NCC1CCCCC1)c1ccc(C(c2cc(F)ccc2F)S(=O)(=O)c2ccc(Cl)cc2)nc1. The van der Waals surface area contributed by atoms with Gasteiger partial charge in [-0.2, -0.15) is 0 Å². The monoisotopic (exact) mass is 518 g/mol. The van der Waals surface area contributed by atoms with Crippen molar-refractivity contribution in [1.29, 1.82) is 0 Å². The number of aromatic nitrogens is 1. The molecule has 0 aliphatic heterocycles. The third-order valence-electron chi connectivity index (χ3n) is 6.29. The van der Waals surface area contributed by atoms with Crippen LogP contribution in [0.3, 0.4) is 0 Å². The fourth-order valence-corrected chi connectivity index (χ4v) is 6.27. The van der Waals surface area contributed by atoms with Crippen LogP contribution in [0.1, 0.15) is 59.0 Å². The lowest BCUT2D eigenvalue weighted by Crippen LogP contribution is -2.30. The molecule has 35 heavy (non-hydrogen) atoms. The number of pyridine rings is 1. The lowest BCUT2D eigenvalue weighted by molar-refractivity contribution is 0.0943. The van der Waals surface area contributed by atoms with E-state index in [-0.39, 0.29) is 27.6 Å². The molecule has 1 saturated carbocycles. The molecule has 0 saturated heterocycles. The minimum absolute atomic E-state index is 0.0340. The number of amides is 1. The van der Waals surface area contributed by atoms with Gasteiger partial charge in [-0.3, -0.25) is 9.78 Å². The van der Waals surface area contributed by atoms with E-state index in [4.69, 9.17) is 11.6 Å². The zero-order valence-electron chi connectivity index (χ0n) is 18.9. The zero-order chi connectivity index (χ0) is 25.0. The van der Waals surface area contributed by atoms with Gasteiger partial charge in [0.05, 0.1) is 16.2 Å². The molecule has 184 valence electrons. The largest absolute Gasteiger partial charge is 0.352 e. The lowest BCUT2D eigenvalue weighted by Gasteiger charge is -2.22. The first kappa shape index (κ1) is 25.3. The van der Waals surface area contributed by atoms with Crippen molar-refractivity contribution < 1.29 is 22.0 Å². The molecule has 0 radical (unpaired) electrons. The number of sulfone groups is 1. The molecule has 5 nitrogen and oxygen atoms in total. The van der Waals surface area contributed by atoms with Gasteiger partial charge in [-0.25, -0.2) is 17.2 Å². The fourth-order valence-electron chi connectivity index (χ4n) is 4.39. The van der Waals surface area contributed by atoms with Crippen molar-refractivity contribution in [2.75, 3.05) is 6.54 Å². The van der Waals surface area contributed by atoms with E-state index in [0.29, 0.717) is 17.5 Å². The first-order chi connectivity index (χ1) is 16.8. The molecule has 1 amide bonds. The Morgan fingerprint density at radius 2 is 1.74 bits per heavy atom. The van der Waals surface area contributed by atoms with Crippen LogP contribution >= 0.6 is 11.6 Å². The fraction of sp³-hybridized carbons (Fsp3) is 0.308. The summed E-state index contributed by atoms with van der Waals surface area (Å²) in [5.41, 5.74) is -0.151. The number of nitrogens with zero attached hydrogens (tertiary/aromatic N) is 1. The van der Waals surface area contributed by atoms with E-state index in [1.807, 2.05) is 0 Å². The molecule has 1 heterocycles. The number of rotatable bonds is 7. The van der Waals surface area contributed by atoms with Crippen LogP contribution in [0.25, 0.3) is 0 Å². The molecule has 4 rings (SSSR count). The van der Waals surface area contributed by atoms with Gasteiger partial charge in [-0.15, -0.1) is 0 Å². The maximum atomic E-state index is 14.8. The highest BCUT2D eigenvalue weighted by Gasteiger charge is 2.34. The molecule has 3 aromatic rings. The van der Waals surface area contributed by atoms with E-state index in [1.165, 1.54) is 49.0 Å². The molecule has 1 fully saturated rings. The van der Waals surface area contributed by atoms with Gasteiger partial charge >= 0.3 is 0 Å². The summed E-state index contributed by atoms with van der Waals surface area (Å²) >= 11 is 5.89. The third-order valence-corrected chi connectivity index (χ3v) is 8.58. The molecule has 2 aromatic carbocycles. The molecule has 1 aliphatic carbocycles. The Balaban J connectivity index is 1.65. The number of nitrogens with one attached hydrogen (secondary N) is 1. The number of hydrogen-bond donors (Lipinski definition) is 1. The van der Waals surface area contributed by atoms with E-state index in [0.717, 1.165) is 43.9 Å². The number of hydrogen-bond acceptors (Lipinski definition) is 4. The van der Waals surface area contributed by atoms with E-state index < -0.39 is 26.7 Å². The van der Waals surface area contributed by atoms with Gasteiger partial charge in [0.15, 0.2) is 9.84 Å². The van der Waals surface area contributed by atoms with Crippen molar-refractivity contribution in [3.8, 4) is 0 Å². The minimum atomic E-state index is -4.25. The van der Waals surface area contributed by atoms with Gasteiger partial charge in [-0.1, -0.05) is 30.9 Å². The lowest BCUT2D eigenvalue weighted by atomic mass is 9.89. The zero-order valence-corrected chi connectivity index (χ0v) is 20.5. The smallest absolute Gasteiger partial charge is 0.252 e. The third kappa shape index (κ3) is 5.87. The van der Waals surface area contributed by atoms with Crippen molar-refractivity contribution in [3.63, 3.8) is 0 Å². The summed E-state index contributed by atoms with van der Waals surface area (Å²) in [7, 11) is -4.25. The quantitative estimate of drug-likeness (QED) is 0.423. The Bertz CT molecular complexity index is 1290. The van der Waals surface area contributed by atoms with Gasteiger partial charge < -0.3 is 5.32 Å². The Morgan fingerprint density at radius 3 is 2.40 bits per heavy atom. The van der Waals surface area contributed by atoms with Crippen molar-refractivity contribution in [2.24, 2.45) is 5.92 Å². The average molecular weight is 519 g/mol. The van der Waals surface area contributed by atoms with Crippen LogP contribution in [0.15, 0.2) is 65.7 Å². The molecular weight excluding hydrogens is 494 g/mol. The van der Waals surface area contributed by atoms with Gasteiger partial charge in [0.2, 0.25) is 0 Å². The molecule has 1 aromatic heterocycles. The van der Waals surface area contributed by atoms with Crippen LogP contribution in [-0.2, 0) is 9.84 Å². The van der Waals surface area contributed by atoms with Crippen LogP contribution in [0.2, 0.25) is 5.02 Å². The summed E-state index contributed by atoms with van der Waals surface area (Å²) in [5.74, 6) is -1.53. The minimum Gasteiger partial charge on any atom is -0.352 e. The highest BCUT2D eigenvalue weighted by Crippen LogP contribution is 2.36. The molecule has 0 bridgehead atoms. The molecular formula is C26H25ClF2N2O3S. The Hall–Kier alpha value is -2.84. The first-order valence-electron chi connectivity index (χ1n) is 11.4. The maximum absolute atomic E-state index is 14.8. The highest BCUT2D eigenvalue weighted by atomic mass is 35.5.